The van der Waals surface area contributed by atoms with Crippen LogP contribution < -0.4 is 10.2 Å². The maximum Gasteiger partial charge on any atom is 0.266 e. The molecule has 3 rings (SSSR count). The molecule has 0 aromatic heterocycles. The van der Waals surface area contributed by atoms with Crippen LogP contribution in [0.15, 0.2) is 59.5 Å². The van der Waals surface area contributed by atoms with Crippen molar-refractivity contribution in [2.75, 3.05) is 7.05 Å². The summed E-state index contributed by atoms with van der Waals surface area (Å²) in [7, 11) is -3.44. The molecule has 0 saturated carbocycles. The van der Waals surface area contributed by atoms with E-state index in [1.807, 2.05) is 0 Å². The highest BCUT2D eigenvalue weighted by atomic mass is 32.2. The third kappa shape index (κ3) is 3.47. The summed E-state index contributed by atoms with van der Waals surface area (Å²) < 4.78 is 30.3. The van der Waals surface area contributed by atoms with Crippen molar-refractivity contribution in [2.45, 2.75) is 22.5 Å². The molecule has 29 heavy (non-hydrogen) atoms. The number of likely N-dealkylation sites (tertiary alicyclic amines) is 1. The molecule has 1 fully saturated rings. The van der Waals surface area contributed by atoms with Crippen LogP contribution >= 0.6 is 0 Å². The molecule has 3 amide bonds. The Morgan fingerprint density at radius 2 is 1.59 bits per heavy atom. The van der Waals surface area contributed by atoms with Crippen LogP contribution in [0, 0.1) is 0 Å². The van der Waals surface area contributed by atoms with Crippen LogP contribution in [0.25, 0.3) is 0 Å². The van der Waals surface area contributed by atoms with E-state index in [9.17, 15) is 28.0 Å². The van der Waals surface area contributed by atoms with Crippen LogP contribution in [0.4, 0.5) is 0 Å². The molecule has 1 heterocycles. The summed E-state index contributed by atoms with van der Waals surface area (Å²) in [4.78, 5) is 37.3. The predicted molar refractivity (Wildman–Crippen MR) is 99.8 cm³/mol. The van der Waals surface area contributed by atoms with Crippen LogP contribution in [0.2, 0.25) is 0 Å². The first-order chi connectivity index (χ1) is 13.7. The molecule has 0 unspecified atom stereocenters. The van der Waals surface area contributed by atoms with Crippen molar-refractivity contribution >= 4 is 27.6 Å². The highest BCUT2D eigenvalue weighted by Crippen LogP contribution is 2.40. The Morgan fingerprint density at radius 3 is 2.17 bits per heavy atom. The van der Waals surface area contributed by atoms with Gasteiger partial charge in [-0.1, -0.05) is 30.3 Å². The normalized spacial score (nSPS) is 16.4. The lowest BCUT2D eigenvalue weighted by Crippen LogP contribution is -2.60. The third-order valence-electron chi connectivity index (χ3n) is 4.76. The van der Waals surface area contributed by atoms with Gasteiger partial charge in [0.05, 0.1) is 12.8 Å². The van der Waals surface area contributed by atoms with Crippen LogP contribution in [-0.2, 0) is 24.2 Å². The van der Waals surface area contributed by atoms with Gasteiger partial charge in [-0.25, -0.2) is 13.9 Å². The zero-order chi connectivity index (χ0) is 21.2. The topological polar surface area (TPSA) is 130 Å². The second-order valence-electron chi connectivity index (χ2n) is 6.50. The van der Waals surface area contributed by atoms with Gasteiger partial charge in [0.25, 0.3) is 5.91 Å². The summed E-state index contributed by atoms with van der Waals surface area (Å²) in [5.41, 5.74) is 1.29. The fourth-order valence-corrected chi connectivity index (χ4v) is 5.05. The average molecular weight is 418 g/mol. The Balaban J connectivity index is 2.15. The number of benzene rings is 2. The molecule has 10 heteroatoms. The number of para-hydroxylation sites is 2. The van der Waals surface area contributed by atoms with Crippen molar-refractivity contribution in [3.8, 4) is 11.5 Å². The van der Waals surface area contributed by atoms with Crippen LogP contribution in [0.5, 0.6) is 11.5 Å². The van der Waals surface area contributed by atoms with Gasteiger partial charge in [0.1, 0.15) is 16.4 Å². The molecule has 0 spiro atoms. The van der Waals surface area contributed by atoms with Crippen LogP contribution in [0.1, 0.15) is 12.8 Å². The van der Waals surface area contributed by atoms with Crippen molar-refractivity contribution < 1.29 is 32.7 Å². The quantitative estimate of drug-likeness (QED) is 0.425. The molecular formula is C19H18N2O7S. The third-order valence-corrected chi connectivity index (χ3v) is 7.18. The minimum Gasteiger partial charge on any atom is -0.456 e. The number of carbonyl (C=O) groups excluding carboxylic acids is 3. The average Bonchev–Trinajstić information content (AvgIpc) is 2.72. The first-order valence-corrected chi connectivity index (χ1v) is 10.0. The maximum atomic E-state index is 13.5. The summed E-state index contributed by atoms with van der Waals surface area (Å²) in [5.74, 6) is -2.79. The van der Waals surface area contributed by atoms with Gasteiger partial charge in [-0.2, -0.15) is 0 Å². The second-order valence-corrected chi connectivity index (χ2v) is 8.73. The fourth-order valence-electron chi connectivity index (χ4n) is 3.08. The number of carbonyl (C=O) groups is 3. The smallest absolute Gasteiger partial charge is 0.266 e. The maximum absolute atomic E-state index is 13.5. The van der Waals surface area contributed by atoms with Gasteiger partial charge in [-0.15, -0.1) is 0 Å². The Morgan fingerprint density at radius 1 is 1.03 bits per heavy atom. The fraction of sp³-hybridized carbons (Fsp3) is 0.211. The summed E-state index contributed by atoms with van der Waals surface area (Å²) in [5, 5.41) is 9.17. The van der Waals surface area contributed by atoms with Gasteiger partial charge in [0.2, 0.25) is 11.8 Å². The first-order valence-electron chi connectivity index (χ1n) is 8.53. The lowest BCUT2D eigenvalue weighted by atomic mass is 9.94. The second kappa shape index (κ2) is 7.64. The number of sulfone groups is 1. The number of imide groups is 1. The van der Waals surface area contributed by atoms with Crippen molar-refractivity contribution in [3.05, 3.63) is 54.6 Å². The van der Waals surface area contributed by atoms with Crippen LogP contribution in [0.3, 0.4) is 0 Å². The Labute approximate surface area is 166 Å². The first kappa shape index (κ1) is 20.5. The van der Waals surface area contributed by atoms with Gasteiger partial charge >= 0.3 is 0 Å². The van der Waals surface area contributed by atoms with E-state index in [0.29, 0.717) is 5.75 Å². The summed E-state index contributed by atoms with van der Waals surface area (Å²) in [6.07, 6.45) is -1.60. The molecule has 0 bridgehead atoms. The van der Waals surface area contributed by atoms with E-state index in [1.165, 1.54) is 30.7 Å². The van der Waals surface area contributed by atoms with E-state index in [0.717, 1.165) is 4.90 Å². The number of nitrogens with one attached hydrogen (secondary N) is 1. The zero-order valence-electron chi connectivity index (χ0n) is 15.4. The van der Waals surface area contributed by atoms with E-state index in [-0.39, 0.29) is 10.6 Å². The molecule has 9 nitrogen and oxygen atoms in total. The number of hydroxylamine groups is 1. The van der Waals surface area contributed by atoms with E-state index in [2.05, 4.69) is 0 Å². The summed E-state index contributed by atoms with van der Waals surface area (Å²) in [6.45, 7) is 0. The largest absolute Gasteiger partial charge is 0.456 e. The molecule has 1 aliphatic rings. The molecule has 0 atom stereocenters. The molecule has 1 saturated heterocycles. The van der Waals surface area contributed by atoms with Crippen LogP contribution in [-0.4, -0.2) is 48.0 Å². The van der Waals surface area contributed by atoms with Crippen molar-refractivity contribution in [2.24, 2.45) is 0 Å². The molecule has 2 N–H and O–H groups in total. The molecule has 2 aromatic rings. The zero-order valence-corrected chi connectivity index (χ0v) is 16.2. The van der Waals surface area contributed by atoms with E-state index >= 15 is 0 Å². The molecule has 0 radical (unpaired) electrons. The Kier molecular flexibility index (Phi) is 5.40. The standard InChI is InChI=1S/C19H18N2O7S/c1-21-16(22)11-19(12-17(21)23,18(24)20-25)29(26,27)15-10-6-5-9-14(15)28-13-7-3-2-4-8-13/h2-10,25H,11-12H2,1H3,(H,20,24). The Bertz CT molecular complexity index is 1050. The van der Waals surface area contributed by atoms with Gasteiger partial charge in [0.15, 0.2) is 14.6 Å². The van der Waals surface area contributed by atoms with E-state index in [1.54, 1.807) is 36.4 Å². The monoisotopic (exact) mass is 418 g/mol. The SMILES string of the molecule is CN1C(=O)CC(C(=O)NO)(S(=O)(=O)c2ccccc2Oc2ccccc2)CC1=O. The molecule has 152 valence electrons. The van der Waals surface area contributed by atoms with E-state index in [4.69, 9.17) is 4.74 Å². The lowest BCUT2D eigenvalue weighted by molar-refractivity contribution is -0.151. The number of hydrogen-bond donors (Lipinski definition) is 2. The number of piperidine rings is 1. The van der Waals surface area contributed by atoms with Crippen molar-refractivity contribution in [1.29, 1.82) is 0 Å². The van der Waals surface area contributed by atoms with Gasteiger partial charge in [-0.05, 0) is 24.3 Å². The summed E-state index contributed by atoms with van der Waals surface area (Å²) in [6, 6.07) is 13.9. The number of ether oxygens (including phenoxy) is 1. The minimum absolute atomic E-state index is 0.0809. The molecule has 2 aromatic carbocycles. The van der Waals surface area contributed by atoms with Crippen molar-refractivity contribution in [3.63, 3.8) is 0 Å². The van der Waals surface area contributed by atoms with E-state index < -0.39 is 45.1 Å². The summed E-state index contributed by atoms with van der Waals surface area (Å²) >= 11 is 0. The number of hydrogen-bond acceptors (Lipinski definition) is 7. The highest BCUT2D eigenvalue weighted by molar-refractivity contribution is 7.93. The molecule has 0 aliphatic carbocycles. The number of rotatable bonds is 5. The highest BCUT2D eigenvalue weighted by Gasteiger charge is 2.58. The molecular weight excluding hydrogens is 400 g/mol. The minimum atomic E-state index is -4.64. The van der Waals surface area contributed by atoms with Gasteiger partial charge in [-0.3, -0.25) is 24.5 Å². The van der Waals surface area contributed by atoms with Gasteiger partial charge < -0.3 is 4.74 Å². The van der Waals surface area contributed by atoms with Gasteiger partial charge in [0, 0.05) is 7.05 Å². The molecule has 1 aliphatic heterocycles. The lowest BCUT2D eigenvalue weighted by Gasteiger charge is -2.36. The Hall–Kier alpha value is -3.24. The number of nitrogens with zero attached hydrogens (tertiary/aromatic N) is 1. The number of amides is 3. The van der Waals surface area contributed by atoms with Crippen molar-refractivity contribution in [1.82, 2.24) is 10.4 Å². The predicted octanol–water partition coefficient (Wildman–Crippen LogP) is 1.28.